The lowest BCUT2D eigenvalue weighted by Gasteiger charge is -2.37. The monoisotopic (exact) mass is 893 g/mol. The minimum absolute atomic E-state index is 0.0737. The topological polar surface area (TPSA) is 218 Å². The fraction of sp³-hybridized carbons (Fsp3) is 0.404. The van der Waals surface area contributed by atoms with Crippen LogP contribution in [0.5, 0.6) is 11.5 Å². The summed E-state index contributed by atoms with van der Waals surface area (Å²) < 4.78 is 25.5. The Kier molecular flexibility index (Phi) is 12.8. The van der Waals surface area contributed by atoms with E-state index in [2.05, 4.69) is 47.8 Å². The average molecular weight is 894 g/mol. The third kappa shape index (κ3) is 8.11. The number of hydrogen-bond acceptors (Lipinski definition) is 13. The fourth-order valence-electron chi connectivity index (χ4n) is 9.96. The summed E-state index contributed by atoms with van der Waals surface area (Å²) in [6, 6.07) is 30.3. The number of ether oxygens (including phenoxy) is 4. The Morgan fingerprint density at radius 3 is 2.33 bits per heavy atom. The van der Waals surface area contributed by atoms with Crippen molar-refractivity contribution >= 4 is 36.4 Å². The van der Waals surface area contributed by atoms with Gasteiger partial charge in [0, 0.05) is 29.9 Å². The van der Waals surface area contributed by atoms with Crippen LogP contribution in [0, 0.1) is 5.92 Å². The third-order valence-electron chi connectivity index (χ3n) is 13.4. The SMILES string of the molecule is COc1ccc([Si](C)(C)[C@H]2[C@H](CCn3cc(C(CO)c4ccccc4)nn3)O[C@@]3(C(=O)N(Cc4cccc(NC(=O)[C@H]5O[C@@H](O)[C@H](O)[C@@H](O)[C@@H]5O)c4)c4ccc(OC)cc43)[C@@H]2C)cc1. The van der Waals surface area contributed by atoms with Crippen LogP contribution >= 0.6 is 0 Å². The molecule has 10 atom stereocenters. The van der Waals surface area contributed by atoms with E-state index in [1.54, 1.807) is 42.0 Å². The van der Waals surface area contributed by atoms with Gasteiger partial charge in [0.05, 0.1) is 58.8 Å². The van der Waals surface area contributed by atoms with Gasteiger partial charge in [-0.3, -0.25) is 14.3 Å². The van der Waals surface area contributed by atoms with E-state index in [0.29, 0.717) is 46.9 Å². The van der Waals surface area contributed by atoms with Crippen molar-refractivity contribution in [3.8, 4) is 11.5 Å². The summed E-state index contributed by atoms with van der Waals surface area (Å²) in [7, 11) is 0.721. The molecule has 1 aromatic heterocycles. The molecule has 1 unspecified atom stereocenters. The van der Waals surface area contributed by atoms with Crippen molar-refractivity contribution < 1.29 is 54.1 Å². The van der Waals surface area contributed by atoms with Crippen molar-refractivity contribution in [3.63, 3.8) is 0 Å². The van der Waals surface area contributed by atoms with E-state index in [9.17, 15) is 30.3 Å². The van der Waals surface area contributed by atoms with Crippen LogP contribution in [0.15, 0.2) is 103 Å². The van der Waals surface area contributed by atoms with Crippen molar-refractivity contribution in [3.05, 3.63) is 126 Å². The summed E-state index contributed by atoms with van der Waals surface area (Å²) in [4.78, 5) is 30.4. The number of fused-ring (bicyclic) bond motifs is 2. The van der Waals surface area contributed by atoms with Crippen molar-refractivity contribution in [2.24, 2.45) is 5.92 Å². The molecule has 64 heavy (non-hydrogen) atoms. The second kappa shape index (κ2) is 18.2. The number of methoxy groups -OCH3 is 2. The lowest BCUT2D eigenvalue weighted by Crippen LogP contribution is -2.60. The fourth-order valence-corrected chi connectivity index (χ4v) is 14.0. The Bertz CT molecular complexity index is 2450. The summed E-state index contributed by atoms with van der Waals surface area (Å²) in [5.74, 6) is -0.408. The van der Waals surface area contributed by atoms with Crippen molar-refractivity contribution in [1.29, 1.82) is 0 Å². The number of carbonyl (C=O) groups is 2. The first-order valence-corrected chi connectivity index (χ1v) is 24.5. The third-order valence-corrected chi connectivity index (χ3v) is 17.7. The second-order valence-corrected chi connectivity index (χ2v) is 22.1. The van der Waals surface area contributed by atoms with Gasteiger partial charge in [-0.15, -0.1) is 5.10 Å². The number of rotatable bonds is 14. The first-order valence-electron chi connectivity index (χ1n) is 21.4. The van der Waals surface area contributed by atoms with Gasteiger partial charge in [0.1, 0.15) is 29.8 Å². The van der Waals surface area contributed by atoms with E-state index in [-0.39, 0.29) is 36.4 Å². The largest absolute Gasteiger partial charge is 0.497 e. The number of carbonyl (C=O) groups excluding carboxylic acids is 2. The van der Waals surface area contributed by atoms with Gasteiger partial charge < -0.3 is 54.7 Å². The quantitative estimate of drug-likeness (QED) is 0.0886. The molecule has 0 saturated carbocycles. The van der Waals surface area contributed by atoms with E-state index >= 15 is 4.79 Å². The second-order valence-electron chi connectivity index (χ2n) is 17.4. The van der Waals surface area contributed by atoms with Gasteiger partial charge in [-0.05, 0) is 65.6 Å². The molecule has 0 bridgehead atoms. The van der Waals surface area contributed by atoms with E-state index in [1.165, 1.54) is 5.19 Å². The summed E-state index contributed by atoms with van der Waals surface area (Å²) in [5, 5.41) is 63.6. The maximum Gasteiger partial charge on any atom is 0.264 e. The smallest absolute Gasteiger partial charge is 0.264 e. The Hall–Kier alpha value is -5.50. The molecule has 2 fully saturated rings. The molecule has 6 N–H and O–H groups in total. The zero-order chi connectivity index (χ0) is 45.5. The highest BCUT2D eigenvalue weighted by atomic mass is 28.3. The minimum Gasteiger partial charge on any atom is -0.497 e. The van der Waals surface area contributed by atoms with E-state index in [4.69, 9.17) is 18.9 Å². The van der Waals surface area contributed by atoms with Gasteiger partial charge in [0.2, 0.25) is 0 Å². The number of nitrogens with one attached hydrogen (secondary N) is 1. The molecule has 2 amide bonds. The van der Waals surface area contributed by atoms with Gasteiger partial charge >= 0.3 is 0 Å². The van der Waals surface area contributed by atoms with Crippen LogP contribution in [0.1, 0.15) is 41.6 Å². The molecular weight excluding hydrogens is 839 g/mol. The molecule has 8 rings (SSSR count). The molecule has 3 aliphatic rings. The highest BCUT2D eigenvalue weighted by Crippen LogP contribution is 2.60. The molecule has 0 aliphatic carbocycles. The molecule has 1 spiro atoms. The standard InChI is InChI=1S/C47H55N5O11Si/c1-27-43(64(4,5)33-17-14-31(60-2)15-18-33)38(20-21-51-25-36(49-50-51)34(26-53)29-11-7-6-8-12-29)63-47(27)35-23-32(61-3)16-19-37(35)52(46(47)59)24-28-10-9-13-30(22-28)48-44(57)42-40(55)39(54)41(56)45(58)62-42/h6-19,22-23,25,27,34,38-43,45,53-56,58H,20-21,24,26H2,1-5H3,(H,48,57)/t27-,34?,38+,39+,40+,41-,42+,43-,45-,47+/m1/s1. The Morgan fingerprint density at radius 1 is 0.906 bits per heavy atom. The van der Waals surface area contributed by atoms with Crippen LogP contribution in [-0.2, 0) is 37.8 Å². The predicted octanol–water partition coefficient (Wildman–Crippen LogP) is 3.01. The molecule has 2 saturated heterocycles. The van der Waals surface area contributed by atoms with Gasteiger partial charge in [-0.25, -0.2) is 0 Å². The maximum absolute atomic E-state index is 15.5. The van der Waals surface area contributed by atoms with E-state index in [0.717, 1.165) is 11.3 Å². The lowest BCUT2D eigenvalue weighted by molar-refractivity contribution is -0.274. The first-order chi connectivity index (χ1) is 30.7. The molecule has 4 aromatic carbocycles. The number of anilines is 2. The summed E-state index contributed by atoms with van der Waals surface area (Å²) in [6.07, 6.45) is -6.94. The zero-order valence-electron chi connectivity index (χ0n) is 36.3. The maximum atomic E-state index is 15.5. The zero-order valence-corrected chi connectivity index (χ0v) is 37.3. The van der Waals surface area contributed by atoms with Crippen LogP contribution in [0.3, 0.4) is 0 Å². The normalized spacial score (nSPS) is 27.1. The van der Waals surface area contributed by atoms with Crippen LogP contribution in [-0.4, -0.2) is 118 Å². The van der Waals surface area contributed by atoms with Crippen molar-refractivity contribution in [2.45, 2.75) is 93.4 Å². The number of aliphatic hydroxyl groups is 5. The minimum atomic E-state index is -2.50. The first kappa shape index (κ1) is 45.1. The predicted molar refractivity (Wildman–Crippen MR) is 238 cm³/mol. The molecule has 338 valence electrons. The number of benzene rings is 4. The average Bonchev–Trinajstić information content (AvgIpc) is 3.96. The van der Waals surface area contributed by atoms with E-state index < -0.39 is 56.4 Å². The number of nitrogens with zero attached hydrogens (tertiary/aromatic N) is 4. The summed E-state index contributed by atoms with van der Waals surface area (Å²) in [6.45, 7) is 7.16. The van der Waals surface area contributed by atoms with Crippen molar-refractivity contribution in [2.75, 3.05) is 31.0 Å². The Balaban J connectivity index is 1.11. The number of aryl methyl sites for hydroxylation is 1. The Morgan fingerprint density at radius 2 is 1.62 bits per heavy atom. The molecule has 4 heterocycles. The number of aromatic nitrogens is 3. The lowest BCUT2D eigenvalue weighted by atomic mass is 9.82. The molecule has 0 radical (unpaired) electrons. The summed E-state index contributed by atoms with van der Waals surface area (Å²) >= 11 is 0. The van der Waals surface area contributed by atoms with Crippen LogP contribution in [0.25, 0.3) is 0 Å². The van der Waals surface area contributed by atoms with Gasteiger partial charge in [-0.1, -0.05) is 85.0 Å². The number of aliphatic hydroxyl groups excluding tert-OH is 5. The highest BCUT2D eigenvalue weighted by molar-refractivity contribution is 6.91. The van der Waals surface area contributed by atoms with Crippen LogP contribution in [0.2, 0.25) is 18.6 Å². The number of amides is 2. The van der Waals surface area contributed by atoms with Gasteiger partial charge in [-0.2, -0.15) is 0 Å². The van der Waals surface area contributed by atoms with Crippen LogP contribution < -0.4 is 24.9 Å². The van der Waals surface area contributed by atoms with Crippen LogP contribution in [0.4, 0.5) is 11.4 Å². The Labute approximate surface area is 372 Å². The molecule has 17 heteroatoms. The highest BCUT2D eigenvalue weighted by Gasteiger charge is 2.66. The molecule has 16 nitrogen and oxygen atoms in total. The van der Waals surface area contributed by atoms with Gasteiger partial charge in [0.15, 0.2) is 18.0 Å². The molecular formula is C47H55N5O11Si. The number of hydrogen-bond donors (Lipinski definition) is 6. The van der Waals surface area contributed by atoms with E-state index in [1.807, 2.05) is 72.9 Å². The van der Waals surface area contributed by atoms with Crippen molar-refractivity contribution in [1.82, 2.24) is 15.0 Å². The van der Waals surface area contributed by atoms with Gasteiger partial charge in [0.25, 0.3) is 11.8 Å². The molecule has 5 aromatic rings. The molecule has 3 aliphatic heterocycles. The summed E-state index contributed by atoms with van der Waals surface area (Å²) in [5.41, 5.74) is 2.45.